The van der Waals surface area contributed by atoms with Crippen LogP contribution in [0.5, 0.6) is 5.75 Å². The van der Waals surface area contributed by atoms with E-state index in [-0.39, 0.29) is 0 Å². The molecule has 3 saturated heterocycles. The van der Waals surface area contributed by atoms with Crippen LogP contribution in [0.2, 0.25) is 5.15 Å². The Morgan fingerprint density at radius 1 is 1.26 bits per heavy atom. The molecule has 5 heteroatoms. The number of ether oxygens (including phenoxy) is 1. The van der Waals surface area contributed by atoms with Crippen LogP contribution in [-0.4, -0.2) is 43.1 Å². The molecule has 3 aliphatic heterocycles. The van der Waals surface area contributed by atoms with Crippen molar-refractivity contribution < 1.29 is 9.13 Å². The minimum Gasteiger partial charge on any atom is -0.489 e. The Labute approximate surface area is 119 Å². The zero-order valence-corrected chi connectivity index (χ0v) is 11.6. The molecule has 0 N–H and O–H groups in total. The summed E-state index contributed by atoms with van der Waals surface area (Å²) in [5.41, 5.74) is 0. The molecular weight excluding hydrogens is 258 g/mol. The largest absolute Gasteiger partial charge is 0.489 e. The number of aromatic nitrogens is 1. The summed E-state index contributed by atoms with van der Waals surface area (Å²) in [5, 5.41) is 0.493. The first kappa shape index (κ1) is 12.0. The minimum atomic E-state index is 0.310. The minimum absolute atomic E-state index is 0.310. The molecule has 19 heavy (non-hydrogen) atoms. The van der Waals surface area contributed by atoms with Crippen LogP contribution in [0.4, 0.5) is 0 Å². The molecular formula is C14H17BClN2O+. The second-order valence-corrected chi connectivity index (χ2v) is 6.91. The van der Waals surface area contributed by atoms with Gasteiger partial charge in [0, 0.05) is 30.0 Å². The Balaban J connectivity index is 1.57. The average molecular weight is 276 g/mol. The van der Waals surface area contributed by atoms with Crippen LogP contribution >= 0.6 is 11.6 Å². The number of hydrogen-bond acceptors (Lipinski definition) is 2. The highest BCUT2D eigenvalue weighted by Crippen LogP contribution is 2.47. The summed E-state index contributed by atoms with van der Waals surface area (Å²) in [7, 11) is 6.45. The molecule has 2 radical (unpaired) electrons. The van der Waals surface area contributed by atoms with Crippen molar-refractivity contribution >= 4 is 19.6 Å². The number of halogens is 1. The van der Waals surface area contributed by atoms with Crippen LogP contribution in [-0.2, 0) is 0 Å². The molecule has 1 saturated carbocycles. The van der Waals surface area contributed by atoms with Crippen LogP contribution in [0.1, 0.15) is 12.8 Å². The van der Waals surface area contributed by atoms with Gasteiger partial charge in [-0.1, -0.05) is 11.6 Å². The van der Waals surface area contributed by atoms with E-state index in [2.05, 4.69) is 4.98 Å². The number of nitrogens with zero attached hydrogens (tertiary/aromatic N) is 2. The Kier molecular flexibility index (Phi) is 2.62. The van der Waals surface area contributed by atoms with Gasteiger partial charge in [0.1, 0.15) is 17.0 Å². The fraction of sp³-hybridized carbons (Fsp3) is 0.643. The molecule has 4 heterocycles. The maximum Gasteiger partial charge on any atom is 0.481 e. The summed E-state index contributed by atoms with van der Waals surface area (Å²) >= 11 is 5.92. The topological polar surface area (TPSA) is 22.1 Å². The fourth-order valence-electron chi connectivity index (χ4n) is 4.59. The van der Waals surface area contributed by atoms with Gasteiger partial charge in [-0.15, -0.1) is 0 Å². The van der Waals surface area contributed by atoms with Crippen molar-refractivity contribution in [3.63, 3.8) is 0 Å². The first-order valence-corrected chi connectivity index (χ1v) is 7.42. The van der Waals surface area contributed by atoms with E-state index >= 15 is 0 Å². The van der Waals surface area contributed by atoms with Crippen LogP contribution < -0.4 is 4.74 Å². The predicted molar refractivity (Wildman–Crippen MR) is 74.0 cm³/mol. The Hall–Kier alpha value is -0.735. The fourth-order valence-corrected chi connectivity index (χ4v) is 4.75. The quantitative estimate of drug-likeness (QED) is 0.609. The van der Waals surface area contributed by atoms with Crippen LogP contribution in [0, 0.1) is 17.8 Å². The van der Waals surface area contributed by atoms with Crippen molar-refractivity contribution in [3.05, 3.63) is 23.5 Å². The highest BCUT2D eigenvalue weighted by Gasteiger charge is 2.55. The molecule has 0 amide bonds. The summed E-state index contributed by atoms with van der Waals surface area (Å²) < 4.78 is 7.00. The SMILES string of the molecule is [B][N+]12CC3CC(C1)C(Oc1ccnc(Cl)c1)C(C3)C2. The molecule has 2 unspecified atom stereocenters. The molecule has 0 aromatic carbocycles. The van der Waals surface area contributed by atoms with Gasteiger partial charge in [-0.3, -0.25) is 0 Å². The van der Waals surface area contributed by atoms with E-state index in [0.29, 0.717) is 23.1 Å². The maximum absolute atomic E-state index is 6.45. The molecule has 4 fully saturated rings. The third kappa shape index (κ3) is 2.05. The molecule has 5 rings (SSSR count). The third-order valence-corrected chi connectivity index (χ3v) is 5.20. The molecule has 1 aromatic heterocycles. The molecule has 1 aliphatic carbocycles. The van der Waals surface area contributed by atoms with E-state index in [0.717, 1.165) is 29.2 Å². The maximum atomic E-state index is 6.45. The number of piperidine rings is 3. The summed E-state index contributed by atoms with van der Waals surface area (Å²) in [4.78, 5) is 4.00. The van der Waals surface area contributed by atoms with Crippen molar-refractivity contribution in [2.75, 3.05) is 19.6 Å². The Morgan fingerprint density at radius 2 is 2.00 bits per heavy atom. The number of pyridine rings is 1. The summed E-state index contributed by atoms with van der Waals surface area (Å²) in [5.74, 6) is 2.85. The lowest BCUT2D eigenvalue weighted by molar-refractivity contribution is -0.852. The number of rotatable bonds is 2. The highest BCUT2D eigenvalue weighted by molar-refractivity contribution is 6.29. The smallest absolute Gasteiger partial charge is 0.481 e. The lowest BCUT2D eigenvalue weighted by Crippen LogP contribution is -2.70. The first-order chi connectivity index (χ1) is 9.11. The lowest BCUT2D eigenvalue weighted by atomic mass is 9.63. The highest BCUT2D eigenvalue weighted by atomic mass is 35.5. The van der Waals surface area contributed by atoms with E-state index in [1.807, 2.05) is 6.07 Å². The average Bonchev–Trinajstić information content (AvgIpc) is 2.32. The van der Waals surface area contributed by atoms with Gasteiger partial charge in [0.25, 0.3) is 0 Å². The molecule has 1 aromatic rings. The third-order valence-electron chi connectivity index (χ3n) is 4.99. The van der Waals surface area contributed by atoms with E-state index in [1.165, 1.54) is 19.4 Å². The molecule has 3 nitrogen and oxygen atoms in total. The monoisotopic (exact) mass is 275 g/mol. The standard InChI is InChI=1S/C14H17BClN2O/c15-18-6-9-3-10(7-18)14(11(4-9)8-18)19-12-1-2-17-13(16)5-12/h1-2,5,9-11,14H,3-4,6-8H2/q+1. The van der Waals surface area contributed by atoms with Gasteiger partial charge in [-0.05, 0) is 18.9 Å². The number of hydrogen-bond donors (Lipinski definition) is 0. The van der Waals surface area contributed by atoms with Crippen molar-refractivity contribution in [2.24, 2.45) is 17.8 Å². The zero-order chi connectivity index (χ0) is 13.0. The van der Waals surface area contributed by atoms with Gasteiger partial charge < -0.3 is 9.13 Å². The van der Waals surface area contributed by atoms with E-state index < -0.39 is 0 Å². The Morgan fingerprint density at radius 3 is 2.63 bits per heavy atom. The van der Waals surface area contributed by atoms with Crippen LogP contribution in [0.15, 0.2) is 18.3 Å². The van der Waals surface area contributed by atoms with E-state index in [9.17, 15) is 0 Å². The summed E-state index contributed by atoms with van der Waals surface area (Å²) in [6.07, 6.45) is 4.56. The molecule has 0 spiro atoms. The molecule has 98 valence electrons. The van der Waals surface area contributed by atoms with Crippen LogP contribution in [0.25, 0.3) is 0 Å². The second-order valence-electron chi connectivity index (χ2n) is 6.52. The van der Waals surface area contributed by atoms with Gasteiger partial charge in [-0.25, -0.2) is 4.98 Å². The van der Waals surface area contributed by atoms with Gasteiger partial charge >= 0.3 is 7.98 Å². The van der Waals surface area contributed by atoms with Gasteiger partial charge in [0.05, 0.1) is 19.6 Å². The first-order valence-electron chi connectivity index (χ1n) is 7.04. The van der Waals surface area contributed by atoms with E-state index in [4.69, 9.17) is 24.3 Å². The van der Waals surface area contributed by atoms with Gasteiger partial charge in [0.15, 0.2) is 0 Å². The molecule has 2 atom stereocenters. The number of quaternary nitrogens is 1. The summed E-state index contributed by atoms with van der Waals surface area (Å²) in [6, 6.07) is 3.70. The van der Waals surface area contributed by atoms with Crippen molar-refractivity contribution in [3.8, 4) is 5.75 Å². The second kappa shape index (κ2) is 4.13. The van der Waals surface area contributed by atoms with Gasteiger partial charge in [-0.2, -0.15) is 0 Å². The molecule has 4 bridgehead atoms. The van der Waals surface area contributed by atoms with Crippen molar-refractivity contribution in [1.82, 2.24) is 4.98 Å². The zero-order valence-electron chi connectivity index (χ0n) is 10.8. The lowest BCUT2D eigenvalue weighted by Gasteiger charge is -2.59. The predicted octanol–water partition coefficient (Wildman–Crippen LogP) is 2.05. The summed E-state index contributed by atoms with van der Waals surface area (Å²) in [6.45, 7) is 3.30. The van der Waals surface area contributed by atoms with E-state index in [1.54, 1.807) is 12.3 Å². The van der Waals surface area contributed by atoms with Crippen molar-refractivity contribution in [1.29, 1.82) is 0 Å². The van der Waals surface area contributed by atoms with Crippen molar-refractivity contribution in [2.45, 2.75) is 18.9 Å². The molecule has 4 aliphatic rings. The normalized spacial score (nSPS) is 43.4. The van der Waals surface area contributed by atoms with Crippen LogP contribution in [0.3, 0.4) is 0 Å². The Bertz CT molecular complexity index is 496. The van der Waals surface area contributed by atoms with Gasteiger partial charge in [0.2, 0.25) is 0 Å².